The number of amides is 1. The first-order valence-corrected chi connectivity index (χ1v) is 11.6. The highest BCUT2D eigenvalue weighted by Crippen LogP contribution is 2.36. The molecule has 5 rings (SSSR count). The fourth-order valence-electron chi connectivity index (χ4n) is 4.09. The van der Waals surface area contributed by atoms with Crippen LogP contribution in [0.4, 0.5) is 11.6 Å². The summed E-state index contributed by atoms with van der Waals surface area (Å²) in [5.41, 5.74) is 3.49. The zero-order valence-electron chi connectivity index (χ0n) is 19.6. The standard InChI is InChI=1S/C26H23ClN6O3/c1-16-23(25(34)29-21-8-3-4-9-22(21)35-2)24(33-26(28-16)30-31-32-33)18-10-12-20(13-11-18)36-15-17-6-5-7-19(27)14-17/h3-14,24H,15H2,1-2H3,(H,29,34)(H,28,30,32). The van der Waals surface area contributed by atoms with Crippen molar-refractivity contribution in [3.05, 3.63) is 100 Å². The number of rotatable bonds is 7. The largest absolute Gasteiger partial charge is 0.495 e. The van der Waals surface area contributed by atoms with Crippen molar-refractivity contribution >= 4 is 29.1 Å². The molecule has 1 atom stereocenters. The van der Waals surface area contributed by atoms with Crippen molar-refractivity contribution in [1.29, 1.82) is 0 Å². The van der Waals surface area contributed by atoms with Gasteiger partial charge < -0.3 is 20.1 Å². The molecule has 0 saturated heterocycles. The number of anilines is 2. The number of hydrogen-bond acceptors (Lipinski definition) is 7. The Bertz CT molecular complexity index is 1430. The summed E-state index contributed by atoms with van der Waals surface area (Å²) in [6.45, 7) is 2.21. The molecule has 10 heteroatoms. The maximum Gasteiger partial charge on any atom is 0.255 e. The minimum Gasteiger partial charge on any atom is -0.495 e. The number of fused-ring (bicyclic) bond motifs is 1. The lowest BCUT2D eigenvalue weighted by atomic mass is 9.95. The summed E-state index contributed by atoms with van der Waals surface area (Å²) < 4.78 is 12.9. The molecule has 4 aromatic rings. The van der Waals surface area contributed by atoms with Gasteiger partial charge >= 0.3 is 0 Å². The van der Waals surface area contributed by atoms with Crippen LogP contribution in [0.15, 0.2) is 84.1 Å². The SMILES string of the molecule is COc1ccccc1NC(=O)C1=C(C)Nc2nnnn2C1c1ccc(OCc2cccc(Cl)c2)cc1. The number of allylic oxidation sites excluding steroid dienone is 1. The lowest BCUT2D eigenvalue weighted by Crippen LogP contribution is -2.31. The van der Waals surface area contributed by atoms with Crippen LogP contribution in [0.2, 0.25) is 5.02 Å². The van der Waals surface area contributed by atoms with E-state index in [0.29, 0.717) is 46.0 Å². The number of nitrogens with zero attached hydrogens (tertiary/aromatic N) is 4. The minimum absolute atomic E-state index is 0.295. The molecule has 1 unspecified atom stereocenters. The molecule has 1 aliphatic rings. The third-order valence-electron chi connectivity index (χ3n) is 5.80. The average molecular weight is 503 g/mol. The Morgan fingerprint density at radius 3 is 2.69 bits per heavy atom. The second-order valence-corrected chi connectivity index (χ2v) is 8.59. The fourth-order valence-corrected chi connectivity index (χ4v) is 4.30. The van der Waals surface area contributed by atoms with E-state index >= 15 is 0 Å². The summed E-state index contributed by atoms with van der Waals surface area (Å²) in [4.78, 5) is 13.5. The number of carbonyl (C=O) groups excluding carboxylic acids is 1. The van der Waals surface area contributed by atoms with Crippen molar-refractivity contribution in [2.45, 2.75) is 19.6 Å². The van der Waals surface area contributed by atoms with Gasteiger partial charge in [-0.1, -0.05) is 53.1 Å². The number of tetrazole rings is 1. The highest BCUT2D eigenvalue weighted by atomic mass is 35.5. The molecule has 2 heterocycles. The van der Waals surface area contributed by atoms with Crippen LogP contribution in [0.25, 0.3) is 0 Å². The second-order valence-electron chi connectivity index (χ2n) is 8.16. The normalized spacial score (nSPS) is 14.6. The highest BCUT2D eigenvalue weighted by molar-refractivity contribution is 6.30. The minimum atomic E-state index is -0.548. The van der Waals surface area contributed by atoms with Crippen LogP contribution in [0.1, 0.15) is 24.1 Å². The van der Waals surface area contributed by atoms with Gasteiger partial charge in [0.25, 0.3) is 5.91 Å². The molecule has 9 nitrogen and oxygen atoms in total. The monoisotopic (exact) mass is 502 g/mol. The second kappa shape index (κ2) is 10.1. The van der Waals surface area contributed by atoms with Gasteiger partial charge in [-0.3, -0.25) is 4.79 Å². The molecule has 0 bridgehead atoms. The van der Waals surface area contributed by atoms with E-state index in [1.165, 1.54) is 0 Å². The number of nitrogens with one attached hydrogen (secondary N) is 2. The number of aromatic nitrogens is 4. The van der Waals surface area contributed by atoms with Gasteiger partial charge in [0.15, 0.2) is 0 Å². The number of methoxy groups -OCH3 is 1. The molecule has 0 fully saturated rings. The molecule has 2 N–H and O–H groups in total. The predicted molar refractivity (Wildman–Crippen MR) is 136 cm³/mol. The van der Waals surface area contributed by atoms with Crippen LogP contribution in [0.3, 0.4) is 0 Å². The van der Waals surface area contributed by atoms with Crippen molar-refractivity contribution in [2.24, 2.45) is 0 Å². The van der Waals surface area contributed by atoms with Crippen molar-refractivity contribution in [3.8, 4) is 11.5 Å². The Kier molecular flexibility index (Phi) is 6.55. The maximum absolute atomic E-state index is 13.5. The number of halogens is 1. The van der Waals surface area contributed by atoms with Crippen LogP contribution in [0.5, 0.6) is 11.5 Å². The van der Waals surface area contributed by atoms with Crippen LogP contribution >= 0.6 is 11.6 Å². The first-order chi connectivity index (χ1) is 17.5. The van der Waals surface area contributed by atoms with Gasteiger partial charge in [0.2, 0.25) is 5.95 Å². The molecule has 0 radical (unpaired) electrons. The summed E-state index contributed by atoms with van der Waals surface area (Å²) in [6.07, 6.45) is 0. The van der Waals surface area contributed by atoms with E-state index < -0.39 is 6.04 Å². The van der Waals surface area contributed by atoms with Crippen LogP contribution in [0, 0.1) is 0 Å². The van der Waals surface area contributed by atoms with E-state index in [2.05, 4.69) is 26.2 Å². The molecule has 0 saturated carbocycles. The first-order valence-electron chi connectivity index (χ1n) is 11.2. The number of ether oxygens (including phenoxy) is 2. The lowest BCUT2D eigenvalue weighted by Gasteiger charge is -2.28. The smallest absolute Gasteiger partial charge is 0.255 e. The number of benzene rings is 3. The quantitative estimate of drug-likeness (QED) is 0.372. The first kappa shape index (κ1) is 23.4. The topological polar surface area (TPSA) is 103 Å². The van der Waals surface area contributed by atoms with E-state index in [0.717, 1.165) is 11.1 Å². The van der Waals surface area contributed by atoms with E-state index in [1.807, 2.05) is 67.6 Å². The molecular formula is C26H23ClN6O3. The summed E-state index contributed by atoms with van der Waals surface area (Å²) in [5.74, 6) is 1.41. The summed E-state index contributed by atoms with van der Waals surface area (Å²) in [5, 5.41) is 18.7. The van der Waals surface area contributed by atoms with Crippen LogP contribution in [-0.4, -0.2) is 33.2 Å². The summed E-state index contributed by atoms with van der Waals surface area (Å²) in [7, 11) is 1.56. The van der Waals surface area contributed by atoms with Crippen molar-refractivity contribution in [1.82, 2.24) is 20.2 Å². The van der Waals surface area contributed by atoms with Gasteiger partial charge in [-0.15, -0.1) is 0 Å². The number of carbonyl (C=O) groups is 1. The van der Waals surface area contributed by atoms with Crippen molar-refractivity contribution in [3.63, 3.8) is 0 Å². The van der Waals surface area contributed by atoms with Gasteiger partial charge in [0, 0.05) is 10.7 Å². The van der Waals surface area contributed by atoms with Crippen molar-refractivity contribution in [2.75, 3.05) is 17.7 Å². The Morgan fingerprint density at radius 2 is 1.92 bits per heavy atom. The number of para-hydroxylation sites is 2. The molecule has 36 heavy (non-hydrogen) atoms. The molecule has 1 amide bonds. The van der Waals surface area contributed by atoms with Gasteiger partial charge in [-0.2, -0.15) is 4.68 Å². The molecule has 1 aromatic heterocycles. The maximum atomic E-state index is 13.5. The fraction of sp³-hybridized carbons (Fsp3) is 0.154. The third-order valence-corrected chi connectivity index (χ3v) is 6.04. The van der Waals surface area contributed by atoms with Gasteiger partial charge in [0.1, 0.15) is 24.1 Å². The highest BCUT2D eigenvalue weighted by Gasteiger charge is 2.34. The van der Waals surface area contributed by atoms with Crippen LogP contribution < -0.4 is 20.1 Å². The molecular weight excluding hydrogens is 480 g/mol. The van der Waals surface area contributed by atoms with Gasteiger partial charge in [0.05, 0.1) is 18.4 Å². The summed E-state index contributed by atoms with van der Waals surface area (Å²) in [6, 6.07) is 21.7. The predicted octanol–water partition coefficient (Wildman–Crippen LogP) is 4.84. The van der Waals surface area contributed by atoms with E-state index in [-0.39, 0.29) is 5.91 Å². The van der Waals surface area contributed by atoms with E-state index in [4.69, 9.17) is 21.1 Å². The number of hydrogen-bond donors (Lipinski definition) is 2. The molecule has 3 aromatic carbocycles. The van der Waals surface area contributed by atoms with Gasteiger partial charge in [-0.25, -0.2) is 0 Å². The molecule has 1 aliphatic heterocycles. The lowest BCUT2D eigenvalue weighted by molar-refractivity contribution is -0.113. The van der Waals surface area contributed by atoms with Crippen molar-refractivity contribution < 1.29 is 14.3 Å². The van der Waals surface area contributed by atoms with E-state index in [9.17, 15) is 4.79 Å². The zero-order valence-corrected chi connectivity index (χ0v) is 20.4. The Labute approximate surface area is 212 Å². The average Bonchev–Trinajstić information content (AvgIpc) is 3.35. The molecule has 0 spiro atoms. The Hall–Kier alpha value is -4.37. The molecule has 182 valence electrons. The Balaban J connectivity index is 1.42. The van der Waals surface area contributed by atoms with Gasteiger partial charge in [-0.05, 0) is 64.9 Å². The van der Waals surface area contributed by atoms with Crippen LogP contribution in [-0.2, 0) is 11.4 Å². The summed E-state index contributed by atoms with van der Waals surface area (Å²) >= 11 is 6.06. The third kappa shape index (κ3) is 4.73. The zero-order chi connectivity index (χ0) is 25.1. The van der Waals surface area contributed by atoms with E-state index in [1.54, 1.807) is 23.9 Å². The Morgan fingerprint density at radius 1 is 1.11 bits per heavy atom. The molecule has 0 aliphatic carbocycles.